The molecular weight excluding hydrogens is 334 g/mol. The Labute approximate surface area is 154 Å². The van der Waals surface area contributed by atoms with Gasteiger partial charge in [-0.1, -0.05) is 18.2 Å². The molecule has 0 saturated carbocycles. The van der Waals surface area contributed by atoms with Gasteiger partial charge in [-0.2, -0.15) is 0 Å². The van der Waals surface area contributed by atoms with Crippen LogP contribution in [0.5, 0.6) is 0 Å². The van der Waals surface area contributed by atoms with Crippen LogP contribution in [0.2, 0.25) is 0 Å². The van der Waals surface area contributed by atoms with Gasteiger partial charge < -0.3 is 19.9 Å². The summed E-state index contributed by atoms with van der Waals surface area (Å²) in [4.78, 5) is 39.9. The molecule has 1 N–H and O–H groups in total. The Morgan fingerprint density at radius 3 is 2.46 bits per heavy atom. The lowest BCUT2D eigenvalue weighted by Crippen LogP contribution is -2.53. The highest BCUT2D eigenvalue weighted by Crippen LogP contribution is 2.18. The number of para-hydroxylation sites is 1. The number of nitrogens with zero attached hydrogens (tertiary/aromatic N) is 2. The first-order valence-electron chi connectivity index (χ1n) is 8.78. The molecule has 1 saturated heterocycles. The van der Waals surface area contributed by atoms with Gasteiger partial charge in [0.1, 0.15) is 5.60 Å². The zero-order valence-electron chi connectivity index (χ0n) is 15.8. The molecule has 26 heavy (non-hydrogen) atoms. The number of likely N-dealkylation sites (tertiary alicyclic amines) is 1. The molecule has 1 atom stereocenters. The molecule has 142 valence electrons. The molecule has 1 heterocycles. The number of hydrogen-bond donors (Lipinski definition) is 1. The number of nitrogens with one attached hydrogen (secondary N) is 1. The highest BCUT2D eigenvalue weighted by atomic mass is 16.6. The number of amides is 3. The van der Waals surface area contributed by atoms with Crippen LogP contribution in [-0.4, -0.2) is 59.5 Å². The third-order valence-electron chi connectivity index (χ3n) is 4.14. The summed E-state index contributed by atoms with van der Waals surface area (Å²) in [5.41, 5.74) is -0.00395. The normalized spacial score (nSPS) is 17.4. The van der Waals surface area contributed by atoms with Gasteiger partial charge in [-0.05, 0) is 45.7 Å². The van der Waals surface area contributed by atoms with Crippen molar-refractivity contribution in [3.05, 3.63) is 30.3 Å². The molecule has 1 aromatic rings. The van der Waals surface area contributed by atoms with E-state index in [4.69, 9.17) is 4.74 Å². The maximum Gasteiger partial charge on any atom is 0.410 e. The van der Waals surface area contributed by atoms with Gasteiger partial charge in [0.05, 0.1) is 6.04 Å². The number of anilines is 1. The Morgan fingerprint density at radius 2 is 1.85 bits per heavy atom. The van der Waals surface area contributed by atoms with E-state index in [0.717, 1.165) is 12.8 Å². The van der Waals surface area contributed by atoms with Crippen LogP contribution in [0.15, 0.2) is 30.3 Å². The molecule has 0 aromatic heterocycles. The number of rotatable bonds is 2. The predicted octanol–water partition coefficient (Wildman–Crippen LogP) is 2.48. The fourth-order valence-electron chi connectivity index (χ4n) is 2.79. The molecule has 7 nitrogen and oxygen atoms in total. The monoisotopic (exact) mass is 361 g/mol. The molecular formula is C19H27N3O4. The van der Waals surface area contributed by atoms with Crippen molar-refractivity contribution in [1.29, 1.82) is 0 Å². The van der Waals surface area contributed by atoms with Gasteiger partial charge in [0, 0.05) is 25.8 Å². The number of carbonyl (C=O) groups excluding carboxylic acids is 3. The lowest BCUT2D eigenvalue weighted by Gasteiger charge is -2.37. The van der Waals surface area contributed by atoms with Crippen LogP contribution in [0, 0.1) is 0 Å². The summed E-state index contributed by atoms with van der Waals surface area (Å²) in [6.45, 7) is 6.24. The van der Waals surface area contributed by atoms with Crippen LogP contribution in [-0.2, 0) is 14.3 Å². The highest BCUT2D eigenvalue weighted by molar-refractivity contribution is 6.39. The van der Waals surface area contributed by atoms with Crippen molar-refractivity contribution >= 4 is 23.6 Å². The third kappa shape index (κ3) is 5.47. The van der Waals surface area contributed by atoms with Crippen LogP contribution in [0.25, 0.3) is 0 Å². The molecule has 0 unspecified atom stereocenters. The Balaban J connectivity index is 1.95. The van der Waals surface area contributed by atoms with Gasteiger partial charge in [-0.25, -0.2) is 4.79 Å². The first-order chi connectivity index (χ1) is 12.2. The van der Waals surface area contributed by atoms with E-state index in [0.29, 0.717) is 18.8 Å². The van der Waals surface area contributed by atoms with E-state index < -0.39 is 23.5 Å². The minimum Gasteiger partial charge on any atom is -0.444 e. The maximum absolute atomic E-state index is 12.4. The smallest absolute Gasteiger partial charge is 0.410 e. The summed E-state index contributed by atoms with van der Waals surface area (Å²) in [5, 5.41) is 2.60. The molecule has 7 heteroatoms. The lowest BCUT2D eigenvalue weighted by atomic mass is 10.0. The van der Waals surface area contributed by atoms with Crippen molar-refractivity contribution in [3.63, 3.8) is 0 Å². The summed E-state index contributed by atoms with van der Waals surface area (Å²) in [5.74, 6) is -1.26. The van der Waals surface area contributed by atoms with E-state index in [1.54, 1.807) is 31.3 Å². The fourth-order valence-corrected chi connectivity index (χ4v) is 2.79. The summed E-state index contributed by atoms with van der Waals surface area (Å²) in [7, 11) is 1.66. The van der Waals surface area contributed by atoms with Crippen molar-refractivity contribution in [2.45, 2.75) is 45.3 Å². The van der Waals surface area contributed by atoms with Crippen LogP contribution >= 0.6 is 0 Å². The van der Waals surface area contributed by atoms with Crippen molar-refractivity contribution < 1.29 is 19.1 Å². The van der Waals surface area contributed by atoms with Gasteiger partial charge in [0.2, 0.25) is 0 Å². The van der Waals surface area contributed by atoms with Crippen LogP contribution < -0.4 is 5.32 Å². The second-order valence-corrected chi connectivity index (χ2v) is 7.46. The van der Waals surface area contributed by atoms with Gasteiger partial charge in [0.15, 0.2) is 0 Å². The largest absolute Gasteiger partial charge is 0.444 e. The summed E-state index contributed by atoms with van der Waals surface area (Å²) in [6.07, 6.45) is 1.06. The number of piperidine rings is 1. The number of carbonyl (C=O) groups is 3. The number of likely N-dealkylation sites (N-methyl/N-ethyl adjacent to an activating group) is 1. The Hall–Kier alpha value is -2.57. The Kier molecular flexibility index (Phi) is 6.23. The molecule has 1 aromatic carbocycles. The zero-order valence-corrected chi connectivity index (χ0v) is 15.8. The van der Waals surface area contributed by atoms with E-state index in [2.05, 4.69) is 5.32 Å². The SMILES string of the molecule is CN(C(=O)OC(C)(C)C)[C@@H]1CCCN(C(=O)C(=O)Nc2ccccc2)C1. The van der Waals surface area contributed by atoms with Crippen molar-refractivity contribution in [1.82, 2.24) is 9.80 Å². The van der Waals surface area contributed by atoms with Gasteiger partial charge >= 0.3 is 17.9 Å². The Bertz CT molecular complexity index is 654. The quantitative estimate of drug-likeness (QED) is 0.821. The van der Waals surface area contributed by atoms with Crippen LogP contribution in [0.4, 0.5) is 10.5 Å². The average molecular weight is 361 g/mol. The van der Waals surface area contributed by atoms with Gasteiger partial charge in [-0.3, -0.25) is 9.59 Å². The second kappa shape index (κ2) is 8.21. The zero-order chi connectivity index (χ0) is 19.3. The first kappa shape index (κ1) is 19.8. The van der Waals surface area contributed by atoms with E-state index in [9.17, 15) is 14.4 Å². The van der Waals surface area contributed by atoms with E-state index >= 15 is 0 Å². The molecule has 0 radical (unpaired) electrons. The van der Waals surface area contributed by atoms with Crippen molar-refractivity contribution in [3.8, 4) is 0 Å². The highest BCUT2D eigenvalue weighted by Gasteiger charge is 2.32. The number of benzene rings is 1. The molecule has 0 bridgehead atoms. The van der Waals surface area contributed by atoms with Gasteiger partial charge in [0.25, 0.3) is 0 Å². The van der Waals surface area contributed by atoms with Crippen LogP contribution in [0.1, 0.15) is 33.6 Å². The molecule has 3 amide bonds. The van der Waals surface area contributed by atoms with Gasteiger partial charge in [-0.15, -0.1) is 0 Å². The maximum atomic E-state index is 12.4. The molecule has 0 spiro atoms. The lowest BCUT2D eigenvalue weighted by molar-refractivity contribution is -0.144. The summed E-state index contributed by atoms with van der Waals surface area (Å²) in [6, 6.07) is 8.67. The molecule has 1 aliphatic rings. The van der Waals surface area contributed by atoms with E-state index in [1.165, 1.54) is 9.80 Å². The standard InChI is InChI=1S/C19H27N3O4/c1-19(2,3)26-18(25)21(4)15-11-8-12-22(13-15)17(24)16(23)20-14-9-6-5-7-10-14/h5-7,9-10,15H,8,11-13H2,1-4H3,(H,20,23)/t15-/m1/s1. The third-order valence-corrected chi connectivity index (χ3v) is 4.14. The fraction of sp³-hybridized carbons (Fsp3) is 0.526. The Morgan fingerprint density at radius 1 is 1.19 bits per heavy atom. The first-order valence-corrected chi connectivity index (χ1v) is 8.78. The average Bonchev–Trinajstić information content (AvgIpc) is 2.60. The van der Waals surface area contributed by atoms with E-state index in [-0.39, 0.29) is 6.04 Å². The number of ether oxygens (including phenoxy) is 1. The topological polar surface area (TPSA) is 79.0 Å². The summed E-state index contributed by atoms with van der Waals surface area (Å²) >= 11 is 0. The molecule has 2 rings (SSSR count). The van der Waals surface area contributed by atoms with Crippen LogP contribution in [0.3, 0.4) is 0 Å². The molecule has 1 aliphatic heterocycles. The van der Waals surface area contributed by atoms with Crippen molar-refractivity contribution in [2.24, 2.45) is 0 Å². The predicted molar refractivity (Wildman–Crippen MR) is 98.7 cm³/mol. The van der Waals surface area contributed by atoms with E-state index in [1.807, 2.05) is 26.8 Å². The van der Waals surface area contributed by atoms with Crippen molar-refractivity contribution in [2.75, 3.05) is 25.5 Å². The molecule has 1 fully saturated rings. The minimum absolute atomic E-state index is 0.174. The number of hydrogen-bond acceptors (Lipinski definition) is 4. The molecule has 0 aliphatic carbocycles. The minimum atomic E-state index is -0.670. The summed E-state index contributed by atoms with van der Waals surface area (Å²) < 4.78 is 5.38. The second-order valence-electron chi connectivity index (χ2n) is 7.46.